The first-order valence-corrected chi connectivity index (χ1v) is 7.56. The fraction of sp³-hybridized carbons (Fsp3) is 0.222. The SMILES string of the molecule is CC(C)(CO)NC(=O)/C(=C/c1ccc[nH]1)NC(=O)c1ccccc1. The number of hydrogen-bond acceptors (Lipinski definition) is 3. The zero-order valence-electron chi connectivity index (χ0n) is 13.7. The number of aromatic nitrogens is 1. The first kappa shape index (κ1) is 17.5. The van der Waals surface area contributed by atoms with Crippen LogP contribution in [0.4, 0.5) is 0 Å². The first-order valence-electron chi connectivity index (χ1n) is 7.56. The van der Waals surface area contributed by atoms with Crippen LogP contribution in [0.3, 0.4) is 0 Å². The fourth-order valence-corrected chi connectivity index (χ4v) is 1.95. The second kappa shape index (κ2) is 7.61. The van der Waals surface area contributed by atoms with Crippen LogP contribution in [0.25, 0.3) is 6.08 Å². The lowest BCUT2D eigenvalue weighted by Crippen LogP contribution is -2.48. The van der Waals surface area contributed by atoms with Crippen LogP contribution in [-0.2, 0) is 4.79 Å². The molecule has 6 heteroatoms. The third kappa shape index (κ3) is 4.82. The number of aliphatic hydroxyl groups is 1. The summed E-state index contributed by atoms with van der Waals surface area (Å²) in [6.45, 7) is 3.16. The van der Waals surface area contributed by atoms with Crippen molar-refractivity contribution in [2.24, 2.45) is 0 Å². The maximum Gasteiger partial charge on any atom is 0.268 e. The number of amides is 2. The molecule has 1 heterocycles. The van der Waals surface area contributed by atoms with E-state index in [9.17, 15) is 14.7 Å². The van der Waals surface area contributed by atoms with Gasteiger partial charge >= 0.3 is 0 Å². The molecular weight excluding hydrogens is 306 g/mol. The van der Waals surface area contributed by atoms with Crippen molar-refractivity contribution in [2.45, 2.75) is 19.4 Å². The molecule has 0 aliphatic carbocycles. The molecule has 0 bridgehead atoms. The smallest absolute Gasteiger partial charge is 0.268 e. The Morgan fingerprint density at radius 3 is 2.46 bits per heavy atom. The van der Waals surface area contributed by atoms with E-state index in [0.29, 0.717) is 11.3 Å². The molecule has 0 atom stereocenters. The highest BCUT2D eigenvalue weighted by molar-refractivity contribution is 6.05. The van der Waals surface area contributed by atoms with Crippen molar-refractivity contribution in [1.29, 1.82) is 0 Å². The number of carbonyl (C=O) groups excluding carboxylic acids is 2. The van der Waals surface area contributed by atoms with Crippen LogP contribution in [0.5, 0.6) is 0 Å². The minimum Gasteiger partial charge on any atom is -0.394 e. The second-order valence-corrected chi connectivity index (χ2v) is 6.00. The molecule has 126 valence electrons. The fourth-order valence-electron chi connectivity index (χ4n) is 1.95. The van der Waals surface area contributed by atoms with Crippen LogP contribution in [0, 0.1) is 0 Å². The zero-order valence-corrected chi connectivity index (χ0v) is 13.7. The Labute approximate surface area is 140 Å². The van der Waals surface area contributed by atoms with Crippen molar-refractivity contribution < 1.29 is 14.7 Å². The summed E-state index contributed by atoms with van der Waals surface area (Å²) in [4.78, 5) is 27.8. The van der Waals surface area contributed by atoms with E-state index in [2.05, 4.69) is 15.6 Å². The van der Waals surface area contributed by atoms with Crippen LogP contribution < -0.4 is 10.6 Å². The van der Waals surface area contributed by atoms with Crippen molar-refractivity contribution in [2.75, 3.05) is 6.61 Å². The van der Waals surface area contributed by atoms with E-state index in [1.807, 2.05) is 6.07 Å². The Hall–Kier alpha value is -2.86. The third-order valence-corrected chi connectivity index (χ3v) is 3.30. The summed E-state index contributed by atoms with van der Waals surface area (Å²) < 4.78 is 0. The van der Waals surface area contributed by atoms with Gasteiger partial charge in [0.05, 0.1) is 12.1 Å². The Morgan fingerprint density at radius 2 is 1.88 bits per heavy atom. The van der Waals surface area contributed by atoms with Gasteiger partial charge in [-0.25, -0.2) is 0 Å². The highest BCUT2D eigenvalue weighted by atomic mass is 16.3. The summed E-state index contributed by atoms with van der Waals surface area (Å²) in [5.74, 6) is -0.863. The summed E-state index contributed by atoms with van der Waals surface area (Å²) in [5.41, 5.74) is 0.413. The van der Waals surface area contributed by atoms with Gasteiger partial charge in [0.25, 0.3) is 11.8 Å². The van der Waals surface area contributed by atoms with Crippen molar-refractivity contribution in [1.82, 2.24) is 15.6 Å². The molecule has 2 amide bonds. The summed E-state index contributed by atoms with van der Waals surface area (Å²) in [7, 11) is 0. The Bertz CT molecular complexity index is 719. The first-order chi connectivity index (χ1) is 11.4. The van der Waals surface area contributed by atoms with E-state index in [4.69, 9.17) is 0 Å². The number of H-pyrrole nitrogens is 1. The van der Waals surface area contributed by atoms with E-state index >= 15 is 0 Å². The average Bonchev–Trinajstić information content (AvgIpc) is 3.07. The molecule has 0 saturated heterocycles. The van der Waals surface area contributed by atoms with Gasteiger partial charge in [-0.2, -0.15) is 0 Å². The van der Waals surface area contributed by atoms with Gasteiger partial charge in [-0.15, -0.1) is 0 Å². The minimum absolute atomic E-state index is 0.0906. The largest absolute Gasteiger partial charge is 0.394 e. The van der Waals surface area contributed by atoms with Crippen molar-refractivity contribution in [3.63, 3.8) is 0 Å². The van der Waals surface area contributed by atoms with Gasteiger partial charge in [-0.3, -0.25) is 9.59 Å². The average molecular weight is 327 g/mol. The van der Waals surface area contributed by atoms with E-state index in [-0.39, 0.29) is 18.2 Å². The normalized spacial score (nSPS) is 11.9. The van der Waals surface area contributed by atoms with Gasteiger partial charge in [0, 0.05) is 17.5 Å². The molecule has 0 unspecified atom stereocenters. The van der Waals surface area contributed by atoms with Crippen molar-refractivity contribution in [3.8, 4) is 0 Å². The van der Waals surface area contributed by atoms with Crippen molar-refractivity contribution >= 4 is 17.9 Å². The lowest BCUT2D eigenvalue weighted by atomic mass is 10.1. The van der Waals surface area contributed by atoms with Crippen LogP contribution in [0.1, 0.15) is 29.9 Å². The standard InChI is InChI=1S/C18H21N3O3/c1-18(2,12-22)21-17(24)15(11-14-9-6-10-19-14)20-16(23)13-7-4-3-5-8-13/h3-11,19,22H,12H2,1-2H3,(H,20,23)(H,21,24)/b15-11-. The number of carbonyl (C=O) groups is 2. The predicted molar refractivity (Wildman–Crippen MR) is 92.0 cm³/mol. The molecule has 1 aromatic carbocycles. The highest BCUT2D eigenvalue weighted by Gasteiger charge is 2.23. The van der Waals surface area contributed by atoms with Crippen LogP contribution in [0.15, 0.2) is 54.4 Å². The van der Waals surface area contributed by atoms with Crippen LogP contribution >= 0.6 is 0 Å². The van der Waals surface area contributed by atoms with E-state index in [1.54, 1.807) is 62.5 Å². The maximum absolute atomic E-state index is 12.5. The summed E-state index contributed by atoms with van der Waals surface area (Å²) in [6, 6.07) is 12.2. The molecule has 0 radical (unpaired) electrons. The van der Waals surface area contributed by atoms with Crippen LogP contribution in [-0.4, -0.2) is 34.1 Å². The lowest BCUT2D eigenvalue weighted by molar-refractivity contribution is -0.119. The van der Waals surface area contributed by atoms with Gasteiger partial charge in [0.15, 0.2) is 0 Å². The Morgan fingerprint density at radius 1 is 1.17 bits per heavy atom. The highest BCUT2D eigenvalue weighted by Crippen LogP contribution is 2.08. The predicted octanol–water partition coefficient (Wildman–Crippen LogP) is 1.67. The van der Waals surface area contributed by atoms with Gasteiger partial charge in [-0.05, 0) is 44.2 Å². The Balaban J connectivity index is 2.24. The number of aliphatic hydroxyl groups excluding tert-OH is 1. The molecule has 0 aliphatic heterocycles. The number of aromatic amines is 1. The summed E-state index contributed by atoms with van der Waals surface area (Å²) >= 11 is 0. The van der Waals surface area contributed by atoms with Gasteiger partial charge in [0.1, 0.15) is 5.70 Å². The molecule has 0 saturated carbocycles. The number of benzene rings is 1. The van der Waals surface area contributed by atoms with Crippen molar-refractivity contribution in [3.05, 3.63) is 65.6 Å². The van der Waals surface area contributed by atoms with E-state index < -0.39 is 11.4 Å². The molecule has 0 spiro atoms. The van der Waals surface area contributed by atoms with E-state index in [1.165, 1.54) is 0 Å². The maximum atomic E-state index is 12.5. The molecule has 2 aromatic rings. The van der Waals surface area contributed by atoms with E-state index in [0.717, 1.165) is 0 Å². The number of nitrogens with one attached hydrogen (secondary N) is 3. The van der Waals surface area contributed by atoms with Gasteiger partial charge < -0.3 is 20.7 Å². The zero-order chi connectivity index (χ0) is 17.6. The number of hydrogen-bond donors (Lipinski definition) is 4. The minimum atomic E-state index is -0.802. The quantitative estimate of drug-likeness (QED) is 0.608. The number of rotatable bonds is 6. The lowest BCUT2D eigenvalue weighted by Gasteiger charge is -2.24. The molecule has 6 nitrogen and oxygen atoms in total. The molecule has 24 heavy (non-hydrogen) atoms. The second-order valence-electron chi connectivity index (χ2n) is 6.00. The molecule has 2 rings (SSSR count). The topological polar surface area (TPSA) is 94.2 Å². The third-order valence-electron chi connectivity index (χ3n) is 3.30. The molecule has 0 fully saturated rings. The molecule has 4 N–H and O–H groups in total. The monoisotopic (exact) mass is 327 g/mol. The molecular formula is C18H21N3O3. The molecule has 1 aromatic heterocycles. The molecule has 0 aliphatic rings. The van der Waals surface area contributed by atoms with Crippen LogP contribution in [0.2, 0.25) is 0 Å². The van der Waals surface area contributed by atoms with Gasteiger partial charge in [-0.1, -0.05) is 18.2 Å². The summed E-state index contributed by atoms with van der Waals surface area (Å²) in [5, 5.41) is 14.6. The Kier molecular flexibility index (Phi) is 5.55. The summed E-state index contributed by atoms with van der Waals surface area (Å²) in [6.07, 6.45) is 3.27. The van der Waals surface area contributed by atoms with Gasteiger partial charge in [0.2, 0.25) is 0 Å².